The van der Waals surface area contributed by atoms with E-state index in [-0.39, 0.29) is 24.3 Å². The molecule has 0 saturated carbocycles. The lowest BCUT2D eigenvalue weighted by molar-refractivity contribution is -0.124. The lowest BCUT2D eigenvalue weighted by Crippen LogP contribution is -2.37. The molecule has 8 heteroatoms. The van der Waals surface area contributed by atoms with Crippen molar-refractivity contribution in [2.75, 3.05) is 23.4 Å². The number of rotatable bonds is 5. The Labute approximate surface area is 178 Å². The van der Waals surface area contributed by atoms with Gasteiger partial charge >= 0.3 is 0 Å². The smallest absolute Gasteiger partial charge is 0.253 e. The predicted octanol–water partition coefficient (Wildman–Crippen LogP) is 3.79. The number of carbonyl (C=O) groups is 2. The zero-order chi connectivity index (χ0) is 20.7. The van der Waals surface area contributed by atoms with Crippen LogP contribution in [-0.4, -0.2) is 40.6 Å². The predicted molar refractivity (Wildman–Crippen MR) is 115 cm³/mol. The van der Waals surface area contributed by atoms with Crippen LogP contribution in [0.4, 0.5) is 11.6 Å². The van der Waals surface area contributed by atoms with Crippen molar-refractivity contribution >= 4 is 46.1 Å². The first-order chi connectivity index (χ1) is 14.6. The molecule has 2 unspecified atom stereocenters. The zero-order valence-corrected chi connectivity index (χ0v) is 17.0. The van der Waals surface area contributed by atoms with Gasteiger partial charge in [0, 0.05) is 17.3 Å². The molecule has 3 aromatic rings. The van der Waals surface area contributed by atoms with Crippen molar-refractivity contribution in [2.45, 2.75) is 31.4 Å². The van der Waals surface area contributed by atoms with Crippen molar-refractivity contribution < 1.29 is 14.3 Å². The summed E-state index contributed by atoms with van der Waals surface area (Å²) in [6.07, 6.45) is 1.93. The van der Waals surface area contributed by atoms with Gasteiger partial charge in [-0.15, -0.1) is 0 Å². The number of para-hydroxylation sites is 2. The Morgan fingerprint density at radius 1 is 1.23 bits per heavy atom. The number of ether oxygens (including phenoxy) is 1. The lowest BCUT2D eigenvalue weighted by Gasteiger charge is -2.19. The minimum atomic E-state index is -0.645. The number of hydrogen-bond acceptors (Lipinski definition) is 4. The van der Waals surface area contributed by atoms with Crippen LogP contribution in [0.25, 0.3) is 11.0 Å². The molecule has 3 heterocycles. The van der Waals surface area contributed by atoms with Crippen LogP contribution in [0.1, 0.15) is 25.3 Å². The standard InChI is InChI=1S/C22H21ClN4O3/c23-14-5-3-6-15(11-14)24-20(28)12-19-21(29)26(13-16-7-4-10-30-16)22-25-17-8-1-2-9-18(17)27(19)22/h1-3,5-6,8-9,11,16,19H,4,7,10,12-13H2,(H,24,28). The molecular weight excluding hydrogens is 404 g/mol. The van der Waals surface area contributed by atoms with Crippen molar-refractivity contribution in [3.8, 4) is 0 Å². The normalized spacial score (nSPS) is 20.7. The molecule has 1 saturated heterocycles. The molecule has 2 aliphatic rings. The number of imidazole rings is 1. The summed E-state index contributed by atoms with van der Waals surface area (Å²) in [5, 5.41) is 3.37. The molecule has 1 aromatic heterocycles. The van der Waals surface area contributed by atoms with Crippen LogP contribution in [0.5, 0.6) is 0 Å². The maximum Gasteiger partial charge on any atom is 0.253 e. The number of fused-ring (bicyclic) bond motifs is 3. The second-order valence-electron chi connectivity index (χ2n) is 7.63. The molecule has 0 radical (unpaired) electrons. The van der Waals surface area contributed by atoms with Crippen LogP contribution < -0.4 is 10.2 Å². The first-order valence-corrected chi connectivity index (χ1v) is 10.4. The van der Waals surface area contributed by atoms with Crippen molar-refractivity contribution in [3.63, 3.8) is 0 Å². The highest BCUT2D eigenvalue weighted by molar-refractivity contribution is 6.30. The van der Waals surface area contributed by atoms with E-state index in [9.17, 15) is 9.59 Å². The van der Waals surface area contributed by atoms with Gasteiger partial charge in [0.05, 0.1) is 30.1 Å². The molecule has 0 bridgehead atoms. The summed E-state index contributed by atoms with van der Waals surface area (Å²) in [6.45, 7) is 1.17. The highest BCUT2D eigenvalue weighted by Gasteiger charge is 2.42. The topological polar surface area (TPSA) is 76.5 Å². The lowest BCUT2D eigenvalue weighted by atomic mass is 10.1. The van der Waals surface area contributed by atoms with Gasteiger partial charge in [-0.2, -0.15) is 0 Å². The Morgan fingerprint density at radius 3 is 2.90 bits per heavy atom. The number of benzene rings is 2. The summed E-state index contributed by atoms with van der Waals surface area (Å²) in [4.78, 5) is 32.4. The quantitative estimate of drug-likeness (QED) is 0.676. The Bertz CT molecular complexity index is 1120. The van der Waals surface area contributed by atoms with Gasteiger partial charge in [-0.3, -0.25) is 19.1 Å². The summed E-state index contributed by atoms with van der Waals surface area (Å²) in [5.74, 6) is 0.204. The van der Waals surface area contributed by atoms with E-state index < -0.39 is 6.04 Å². The molecule has 2 aliphatic heterocycles. The Balaban J connectivity index is 1.44. The number of amides is 2. The van der Waals surface area contributed by atoms with Gasteiger partial charge in [0.2, 0.25) is 11.9 Å². The van der Waals surface area contributed by atoms with Gasteiger partial charge in [-0.05, 0) is 43.2 Å². The average molecular weight is 425 g/mol. The van der Waals surface area contributed by atoms with E-state index >= 15 is 0 Å². The fraction of sp³-hybridized carbons (Fsp3) is 0.318. The SMILES string of the molecule is O=C(CC1C(=O)N(CC2CCCO2)c2nc3ccccc3n21)Nc1cccc(Cl)c1. The van der Waals surface area contributed by atoms with Crippen molar-refractivity contribution in [2.24, 2.45) is 0 Å². The molecular formula is C22H21ClN4O3. The zero-order valence-electron chi connectivity index (χ0n) is 16.3. The second kappa shape index (κ2) is 7.74. The molecule has 1 N–H and O–H groups in total. The molecule has 0 spiro atoms. The Morgan fingerprint density at radius 2 is 2.10 bits per heavy atom. The molecule has 154 valence electrons. The summed E-state index contributed by atoms with van der Waals surface area (Å²) in [6, 6.07) is 14.0. The van der Waals surface area contributed by atoms with Crippen LogP contribution in [-0.2, 0) is 14.3 Å². The molecule has 2 aromatic carbocycles. The molecule has 5 rings (SSSR count). The van der Waals surface area contributed by atoms with E-state index in [1.54, 1.807) is 29.2 Å². The Hall–Kier alpha value is -2.90. The summed E-state index contributed by atoms with van der Waals surface area (Å²) >= 11 is 6.00. The van der Waals surface area contributed by atoms with Crippen LogP contribution in [0.2, 0.25) is 5.02 Å². The molecule has 7 nitrogen and oxygen atoms in total. The van der Waals surface area contributed by atoms with Gasteiger partial charge in [-0.25, -0.2) is 4.98 Å². The highest BCUT2D eigenvalue weighted by Crippen LogP contribution is 2.37. The van der Waals surface area contributed by atoms with Crippen molar-refractivity contribution in [1.29, 1.82) is 0 Å². The van der Waals surface area contributed by atoms with E-state index in [4.69, 9.17) is 16.3 Å². The highest BCUT2D eigenvalue weighted by atomic mass is 35.5. The maximum absolute atomic E-state index is 13.3. The molecule has 2 amide bonds. The number of halogens is 1. The van der Waals surface area contributed by atoms with E-state index in [0.717, 1.165) is 23.9 Å². The molecule has 0 aliphatic carbocycles. The van der Waals surface area contributed by atoms with Gasteiger partial charge in [0.1, 0.15) is 6.04 Å². The second-order valence-corrected chi connectivity index (χ2v) is 8.07. The molecule has 2 atom stereocenters. The monoisotopic (exact) mass is 424 g/mol. The molecule has 1 fully saturated rings. The fourth-order valence-electron chi connectivity index (χ4n) is 4.21. The number of carbonyl (C=O) groups excluding carboxylic acids is 2. The number of nitrogens with one attached hydrogen (secondary N) is 1. The number of hydrogen-bond donors (Lipinski definition) is 1. The van der Waals surface area contributed by atoms with Crippen LogP contribution in [0.3, 0.4) is 0 Å². The third-order valence-electron chi connectivity index (χ3n) is 5.58. The average Bonchev–Trinajstić information content (AvgIpc) is 3.42. The summed E-state index contributed by atoms with van der Waals surface area (Å²) < 4.78 is 7.62. The van der Waals surface area contributed by atoms with Gasteiger partial charge in [0.15, 0.2) is 0 Å². The van der Waals surface area contributed by atoms with Crippen LogP contribution in [0.15, 0.2) is 48.5 Å². The fourth-order valence-corrected chi connectivity index (χ4v) is 4.40. The third-order valence-corrected chi connectivity index (χ3v) is 5.81. The van der Waals surface area contributed by atoms with Gasteiger partial charge in [0.25, 0.3) is 5.91 Å². The van der Waals surface area contributed by atoms with Gasteiger partial charge < -0.3 is 10.1 Å². The van der Waals surface area contributed by atoms with E-state index in [1.807, 2.05) is 28.8 Å². The van der Waals surface area contributed by atoms with E-state index in [0.29, 0.717) is 29.8 Å². The van der Waals surface area contributed by atoms with Gasteiger partial charge in [-0.1, -0.05) is 29.8 Å². The van der Waals surface area contributed by atoms with E-state index in [2.05, 4.69) is 10.3 Å². The first kappa shape index (κ1) is 19.1. The van der Waals surface area contributed by atoms with E-state index in [1.165, 1.54) is 0 Å². The Kier molecular flexibility index (Phi) is 4.92. The number of nitrogens with zero attached hydrogens (tertiary/aromatic N) is 3. The van der Waals surface area contributed by atoms with Crippen molar-refractivity contribution in [3.05, 3.63) is 53.6 Å². The first-order valence-electron chi connectivity index (χ1n) is 10.1. The number of anilines is 2. The minimum absolute atomic E-state index is 0.00116. The largest absolute Gasteiger partial charge is 0.376 e. The summed E-state index contributed by atoms with van der Waals surface area (Å²) in [7, 11) is 0. The van der Waals surface area contributed by atoms with Crippen LogP contribution in [0, 0.1) is 0 Å². The molecule has 30 heavy (non-hydrogen) atoms. The number of aromatic nitrogens is 2. The van der Waals surface area contributed by atoms with Crippen molar-refractivity contribution in [1.82, 2.24) is 9.55 Å². The third kappa shape index (κ3) is 3.44. The minimum Gasteiger partial charge on any atom is -0.376 e. The van der Waals surface area contributed by atoms with Crippen LogP contribution >= 0.6 is 11.6 Å². The maximum atomic E-state index is 13.3. The summed E-state index contributed by atoms with van der Waals surface area (Å²) in [5.41, 5.74) is 2.25.